The number of carbonyl (C=O) groups is 2. The third kappa shape index (κ3) is 4.80. The summed E-state index contributed by atoms with van der Waals surface area (Å²) in [6, 6.07) is 9.43. The predicted octanol–water partition coefficient (Wildman–Crippen LogP) is 3.16. The minimum atomic E-state index is -0.584. The van der Waals surface area contributed by atoms with Gasteiger partial charge in [-0.05, 0) is 30.3 Å². The zero-order chi connectivity index (χ0) is 19.1. The van der Waals surface area contributed by atoms with E-state index in [0.717, 1.165) is 0 Å². The minimum absolute atomic E-state index is 0.171. The molecule has 0 fully saturated rings. The molecule has 0 heterocycles. The van der Waals surface area contributed by atoms with Gasteiger partial charge in [-0.2, -0.15) is 0 Å². The van der Waals surface area contributed by atoms with Crippen LogP contribution in [0.3, 0.4) is 0 Å². The van der Waals surface area contributed by atoms with Crippen molar-refractivity contribution in [2.45, 2.75) is 0 Å². The first-order chi connectivity index (χ1) is 12.5. The molecule has 2 aromatic carbocycles. The maximum Gasteiger partial charge on any atom is 0.341 e. The molecule has 0 saturated carbocycles. The molecule has 2 aromatic rings. The summed E-state index contributed by atoms with van der Waals surface area (Å²) in [5.74, 6) is 0.0668. The number of esters is 1. The van der Waals surface area contributed by atoms with E-state index in [2.05, 4.69) is 5.32 Å². The van der Waals surface area contributed by atoms with E-state index >= 15 is 0 Å². The number of halogens is 1. The van der Waals surface area contributed by atoms with Crippen molar-refractivity contribution in [3.05, 3.63) is 47.0 Å². The molecule has 0 unspecified atom stereocenters. The Hall–Kier alpha value is -2.93. The molecule has 0 aliphatic heterocycles. The molecule has 138 valence electrons. The van der Waals surface area contributed by atoms with Gasteiger partial charge in [-0.15, -0.1) is 0 Å². The van der Waals surface area contributed by atoms with Crippen molar-refractivity contribution >= 4 is 29.2 Å². The first-order valence-electron chi connectivity index (χ1n) is 7.51. The summed E-state index contributed by atoms with van der Waals surface area (Å²) in [6.07, 6.45) is 0. The van der Waals surface area contributed by atoms with Crippen LogP contribution in [0.15, 0.2) is 36.4 Å². The lowest BCUT2D eigenvalue weighted by atomic mass is 10.2. The molecular weight excluding hydrogens is 362 g/mol. The van der Waals surface area contributed by atoms with E-state index in [1.54, 1.807) is 24.3 Å². The molecule has 0 radical (unpaired) electrons. The SMILES string of the molecule is COC(=O)c1ccc(OC)cc1OCC(=O)Nc1cc(Cl)ccc1OC. The van der Waals surface area contributed by atoms with Crippen LogP contribution in [-0.2, 0) is 9.53 Å². The van der Waals surface area contributed by atoms with Gasteiger partial charge in [0.2, 0.25) is 0 Å². The number of ether oxygens (including phenoxy) is 4. The molecule has 1 amide bonds. The molecule has 0 aliphatic rings. The minimum Gasteiger partial charge on any atom is -0.497 e. The van der Waals surface area contributed by atoms with Crippen LogP contribution in [0.5, 0.6) is 17.2 Å². The second kappa shape index (κ2) is 8.96. The lowest BCUT2D eigenvalue weighted by Gasteiger charge is -2.13. The lowest BCUT2D eigenvalue weighted by molar-refractivity contribution is -0.118. The highest BCUT2D eigenvalue weighted by Gasteiger charge is 2.16. The van der Waals surface area contributed by atoms with Crippen molar-refractivity contribution in [1.29, 1.82) is 0 Å². The van der Waals surface area contributed by atoms with Crippen LogP contribution >= 0.6 is 11.6 Å². The highest BCUT2D eigenvalue weighted by molar-refractivity contribution is 6.31. The van der Waals surface area contributed by atoms with Gasteiger partial charge in [0, 0.05) is 11.1 Å². The Labute approximate surface area is 155 Å². The van der Waals surface area contributed by atoms with Crippen LogP contribution in [0.25, 0.3) is 0 Å². The van der Waals surface area contributed by atoms with E-state index in [0.29, 0.717) is 22.2 Å². The van der Waals surface area contributed by atoms with Gasteiger partial charge in [0.25, 0.3) is 5.91 Å². The fourth-order valence-corrected chi connectivity index (χ4v) is 2.31. The van der Waals surface area contributed by atoms with E-state index in [4.69, 9.17) is 30.5 Å². The van der Waals surface area contributed by atoms with Crippen LogP contribution in [-0.4, -0.2) is 39.8 Å². The van der Waals surface area contributed by atoms with Crippen molar-refractivity contribution in [3.8, 4) is 17.2 Å². The zero-order valence-electron chi connectivity index (χ0n) is 14.5. The van der Waals surface area contributed by atoms with Gasteiger partial charge in [-0.1, -0.05) is 11.6 Å². The van der Waals surface area contributed by atoms with Gasteiger partial charge >= 0.3 is 5.97 Å². The van der Waals surface area contributed by atoms with Gasteiger partial charge in [0.15, 0.2) is 6.61 Å². The summed E-state index contributed by atoms with van der Waals surface area (Å²) in [5.41, 5.74) is 0.592. The zero-order valence-corrected chi connectivity index (χ0v) is 15.3. The first-order valence-corrected chi connectivity index (χ1v) is 7.88. The Bertz CT molecular complexity index is 808. The van der Waals surface area contributed by atoms with Crippen LogP contribution in [0.1, 0.15) is 10.4 Å². The molecule has 0 aliphatic carbocycles. The standard InChI is InChI=1S/C18H18ClNO6/c1-23-12-5-6-13(18(22)25-3)16(9-12)26-10-17(21)20-14-8-11(19)4-7-15(14)24-2/h4-9H,10H2,1-3H3,(H,20,21). The summed E-state index contributed by atoms with van der Waals surface area (Å²) in [6.45, 7) is -0.340. The molecule has 7 nitrogen and oxygen atoms in total. The van der Waals surface area contributed by atoms with Gasteiger partial charge in [-0.3, -0.25) is 4.79 Å². The molecule has 0 aromatic heterocycles. The first kappa shape index (κ1) is 19.4. The Morgan fingerprint density at radius 2 is 1.77 bits per heavy atom. The molecule has 0 atom stereocenters. The van der Waals surface area contributed by atoms with Gasteiger partial charge in [-0.25, -0.2) is 4.79 Å². The smallest absolute Gasteiger partial charge is 0.341 e. The highest BCUT2D eigenvalue weighted by Crippen LogP contribution is 2.28. The quantitative estimate of drug-likeness (QED) is 0.744. The number of anilines is 1. The van der Waals surface area contributed by atoms with E-state index < -0.39 is 11.9 Å². The second-order valence-corrected chi connectivity index (χ2v) is 5.47. The maximum atomic E-state index is 12.2. The molecule has 2 rings (SSSR count). The fourth-order valence-electron chi connectivity index (χ4n) is 2.14. The average molecular weight is 380 g/mol. The molecule has 0 saturated heterocycles. The molecule has 8 heteroatoms. The second-order valence-electron chi connectivity index (χ2n) is 5.04. The van der Waals surface area contributed by atoms with Crippen LogP contribution < -0.4 is 19.5 Å². The third-order valence-electron chi connectivity index (χ3n) is 3.39. The third-order valence-corrected chi connectivity index (χ3v) is 3.62. The number of nitrogens with one attached hydrogen (secondary N) is 1. The summed E-state index contributed by atoms with van der Waals surface area (Å²) < 4.78 is 20.5. The normalized spacial score (nSPS) is 10.0. The summed E-state index contributed by atoms with van der Waals surface area (Å²) in [7, 11) is 4.22. The molecular formula is C18H18ClNO6. The number of methoxy groups -OCH3 is 3. The molecule has 1 N–H and O–H groups in total. The number of rotatable bonds is 7. The lowest BCUT2D eigenvalue weighted by Crippen LogP contribution is -2.21. The molecule has 0 spiro atoms. The molecule has 26 heavy (non-hydrogen) atoms. The van der Waals surface area contributed by atoms with E-state index in [-0.39, 0.29) is 17.9 Å². The van der Waals surface area contributed by atoms with Crippen molar-refractivity contribution in [2.75, 3.05) is 33.3 Å². The highest BCUT2D eigenvalue weighted by atomic mass is 35.5. The van der Waals surface area contributed by atoms with Crippen molar-refractivity contribution in [3.63, 3.8) is 0 Å². The van der Waals surface area contributed by atoms with Crippen molar-refractivity contribution in [1.82, 2.24) is 0 Å². The number of amides is 1. The van der Waals surface area contributed by atoms with Gasteiger partial charge in [0.05, 0.1) is 27.0 Å². The van der Waals surface area contributed by atoms with Crippen LogP contribution in [0.4, 0.5) is 5.69 Å². The number of hydrogen-bond donors (Lipinski definition) is 1. The van der Waals surface area contributed by atoms with Crippen LogP contribution in [0, 0.1) is 0 Å². The fraction of sp³-hybridized carbons (Fsp3) is 0.222. The Morgan fingerprint density at radius 1 is 1.00 bits per heavy atom. The van der Waals surface area contributed by atoms with E-state index in [9.17, 15) is 9.59 Å². The van der Waals surface area contributed by atoms with Crippen molar-refractivity contribution in [2.24, 2.45) is 0 Å². The van der Waals surface area contributed by atoms with E-state index in [1.807, 2.05) is 0 Å². The van der Waals surface area contributed by atoms with Crippen molar-refractivity contribution < 1.29 is 28.5 Å². The topological polar surface area (TPSA) is 83.1 Å². The summed E-state index contributed by atoms with van der Waals surface area (Å²) in [5, 5.41) is 3.09. The van der Waals surface area contributed by atoms with Gasteiger partial charge in [0.1, 0.15) is 22.8 Å². The summed E-state index contributed by atoms with van der Waals surface area (Å²) >= 11 is 5.93. The number of benzene rings is 2. The largest absolute Gasteiger partial charge is 0.497 e. The Morgan fingerprint density at radius 3 is 2.42 bits per heavy atom. The van der Waals surface area contributed by atoms with E-state index in [1.165, 1.54) is 33.5 Å². The van der Waals surface area contributed by atoms with Crippen LogP contribution in [0.2, 0.25) is 5.02 Å². The Balaban J connectivity index is 2.12. The number of hydrogen-bond acceptors (Lipinski definition) is 6. The average Bonchev–Trinajstić information content (AvgIpc) is 2.65. The predicted molar refractivity (Wildman–Crippen MR) is 96.5 cm³/mol. The summed E-state index contributed by atoms with van der Waals surface area (Å²) in [4.78, 5) is 24.0. The Kier molecular flexibility index (Phi) is 6.68. The number of carbonyl (C=O) groups excluding carboxylic acids is 2. The monoisotopic (exact) mass is 379 g/mol. The molecule has 0 bridgehead atoms. The maximum absolute atomic E-state index is 12.2. The van der Waals surface area contributed by atoms with Gasteiger partial charge < -0.3 is 24.3 Å².